The van der Waals surface area contributed by atoms with E-state index in [0.717, 1.165) is 12.8 Å². The van der Waals surface area contributed by atoms with Gasteiger partial charge >= 0.3 is 5.97 Å². The van der Waals surface area contributed by atoms with Crippen molar-refractivity contribution < 1.29 is 19.4 Å². The molecule has 4 nitrogen and oxygen atoms in total. The van der Waals surface area contributed by atoms with Gasteiger partial charge < -0.3 is 14.6 Å². The van der Waals surface area contributed by atoms with Crippen molar-refractivity contribution in [2.75, 3.05) is 13.2 Å². The van der Waals surface area contributed by atoms with Crippen molar-refractivity contribution >= 4 is 5.97 Å². The summed E-state index contributed by atoms with van der Waals surface area (Å²) in [6.07, 6.45) is 12.2. The Hall–Kier alpha value is -0.610. The number of ether oxygens (including phenoxy) is 2. The molecule has 1 N–H and O–H groups in total. The number of epoxide rings is 1. The molecule has 2 unspecified atom stereocenters. The molecule has 0 saturated carbocycles. The Kier molecular flexibility index (Phi) is 9.67. The van der Waals surface area contributed by atoms with Gasteiger partial charge in [-0.25, -0.2) is 0 Å². The van der Waals surface area contributed by atoms with Crippen LogP contribution in [-0.2, 0) is 14.3 Å². The van der Waals surface area contributed by atoms with Gasteiger partial charge in [-0.15, -0.1) is 0 Å². The second-order valence-corrected chi connectivity index (χ2v) is 5.61. The molecular formula is C16H30O4. The van der Waals surface area contributed by atoms with Crippen molar-refractivity contribution in [2.45, 2.75) is 83.3 Å². The Morgan fingerprint density at radius 3 is 2.40 bits per heavy atom. The molecule has 2 atom stereocenters. The second-order valence-electron chi connectivity index (χ2n) is 5.61. The lowest BCUT2D eigenvalue weighted by molar-refractivity contribution is -0.144. The second kappa shape index (κ2) is 11.1. The predicted octanol–water partition coefficient (Wildman–Crippen LogP) is 3.21. The number of rotatable bonds is 13. The first-order chi connectivity index (χ1) is 9.77. The number of esters is 1. The molecule has 4 heteroatoms. The fourth-order valence-electron chi connectivity index (χ4n) is 2.47. The first kappa shape index (κ1) is 17.4. The van der Waals surface area contributed by atoms with Gasteiger partial charge in [-0.1, -0.05) is 45.4 Å². The Morgan fingerprint density at radius 1 is 1.05 bits per heavy atom. The van der Waals surface area contributed by atoms with Crippen LogP contribution < -0.4 is 0 Å². The number of carbonyl (C=O) groups excluding carboxylic acids is 1. The van der Waals surface area contributed by atoms with E-state index in [2.05, 4.69) is 6.92 Å². The standard InChI is InChI=1S/C16H30O4/c1-2-3-9-14-15(20-14)10-7-5-4-6-8-11-16(18)19-13-12-17/h14-15,17H,2-13H2,1H3. The first-order valence-corrected chi connectivity index (χ1v) is 8.20. The van der Waals surface area contributed by atoms with E-state index in [-0.39, 0.29) is 19.2 Å². The maximum absolute atomic E-state index is 11.2. The zero-order valence-electron chi connectivity index (χ0n) is 12.8. The van der Waals surface area contributed by atoms with Crippen LogP contribution in [0.1, 0.15) is 71.1 Å². The van der Waals surface area contributed by atoms with Gasteiger partial charge in [0.15, 0.2) is 0 Å². The van der Waals surface area contributed by atoms with Crippen LogP contribution in [0.3, 0.4) is 0 Å². The Balaban J connectivity index is 1.78. The van der Waals surface area contributed by atoms with E-state index in [0.29, 0.717) is 18.6 Å². The number of aliphatic hydroxyl groups excluding tert-OH is 1. The summed E-state index contributed by atoms with van der Waals surface area (Å²) in [7, 11) is 0. The quantitative estimate of drug-likeness (QED) is 0.321. The number of hydrogen-bond donors (Lipinski definition) is 1. The third-order valence-corrected chi connectivity index (χ3v) is 3.75. The first-order valence-electron chi connectivity index (χ1n) is 8.20. The normalized spacial score (nSPS) is 20.9. The van der Waals surface area contributed by atoms with Crippen molar-refractivity contribution in [1.29, 1.82) is 0 Å². The Morgan fingerprint density at radius 2 is 1.70 bits per heavy atom. The Labute approximate surface area is 122 Å². The van der Waals surface area contributed by atoms with Gasteiger partial charge in [-0.2, -0.15) is 0 Å². The number of hydrogen-bond acceptors (Lipinski definition) is 4. The van der Waals surface area contributed by atoms with Crippen LogP contribution in [0.2, 0.25) is 0 Å². The third-order valence-electron chi connectivity index (χ3n) is 3.75. The molecule has 1 rings (SSSR count). The van der Waals surface area contributed by atoms with Crippen LogP contribution in [0.5, 0.6) is 0 Å². The van der Waals surface area contributed by atoms with E-state index in [1.807, 2.05) is 0 Å². The summed E-state index contributed by atoms with van der Waals surface area (Å²) in [6.45, 7) is 2.25. The van der Waals surface area contributed by atoms with Gasteiger partial charge in [-0.3, -0.25) is 4.79 Å². The molecular weight excluding hydrogens is 256 g/mol. The van der Waals surface area contributed by atoms with Crippen LogP contribution in [0.15, 0.2) is 0 Å². The molecule has 118 valence electrons. The summed E-state index contributed by atoms with van der Waals surface area (Å²) >= 11 is 0. The molecule has 0 aromatic heterocycles. The van der Waals surface area contributed by atoms with Crippen LogP contribution in [0, 0.1) is 0 Å². The smallest absolute Gasteiger partial charge is 0.305 e. The predicted molar refractivity (Wildman–Crippen MR) is 78.5 cm³/mol. The van der Waals surface area contributed by atoms with Gasteiger partial charge in [0, 0.05) is 6.42 Å². The molecule has 0 aliphatic carbocycles. The summed E-state index contributed by atoms with van der Waals surface area (Å²) < 4.78 is 10.4. The average Bonchev–Trinajstić information content (AvgIpc) is 3.20. The molecule has 0 amide bonds. The summed E-state index contributed by atoms with van der Waals surface area (Å²) in [5.74, 6) is -0.191. The van der Waals surface area contributed by atoms with Gasteiger partial charge in [0.25, 0.3) is 0 Å². The highest BCUT2D eigenvalue weighted by atomic mass is 16.6. The van der Waals surface area contributed by atoms with Crippen LogP contribution in [-0.4, -0.2) is 36.5 Å². The van der Waals surface area contributed by atoms with E-state index in [4.69, 9.17) is 14.6 Å². The van der Waals surface area contributed by atoms with E-state index in [1.54, 1.807) is 0 Å². The topological polar surface area (TPSA) is 59.1 Å². The molecule has 1 aliphatic rings. The highest BCUT2D eigenvalue weighted by Crippen LogP contribution is 2.31. The molecule has 1 fully saturated rings. The van der Waals surface area contributed by atoms with Crippen molar-refractivity contribution in [3.63, 3.8) is 0 Å². The molecule has 0 spiro atoms. The van der Waals surface area contributed by atoms with E-state index < -0.39 is 0 Å². The maximum atomic E-state index is 11.2. The summed E-state index contributed by atoms with van der Waals surface area (Å²) in [5, 5.41) is 8.51. The molecule has 1 aliphatic heterocycles. The molecule has 0 bridgehead atoms. The van der Waals surface area contributed by atoms with Gasteiger partial charge in [0.2, 0.25) is 0 Å². The van der Waals surface area contributed by atoms with Crippen LogP contribution >= 0.6 is 0 Å². The van der Waals surface area contributed by atoms with Gasteiger partial charge in [0.1, 0.15) is 6.61 Å². The van der Waals surface area contributed by atoms with Crippen LogP contribution in [0.25, 0.3) is 0 Å². The van der Waals surface area contributed by atoms with Crippen LogP contribution in [0.4, 0.5) is 0 Å². The molecule has 0 radical (unpaired) electrons. The maximum Gasteiger partial charge on any atom is 0.305 e. The molecule has 1 saturated heterocycles. The van der Waals surface area contributed by atoms with Crippen molar-refractivity contribution in [1.82, 2.24) is 0 Å². The summed E-state index contributed by atoms with van der Waals surface area (Å²) in [4.78, 5) is 11.2. The highest BCUT2D eigenvalue weighted by molar-refractivity contribution is 5.69. The lowest BCUT2D eigenvalue weighted by Crippen LogP contribution is -2.07. The van der Waals surface area contributed by atoms with E-state index >= 15 is 0 Å². The number of unbranched alkanes of at least 4 members (excludes halogenated alkanes) is 5. The third kappa shape index (κ3) is 8.54. The number of carbonyl (C=O) groups is 1. The zero-order valence-corrected chi connectivity index (χ0v) is 12.8. The van der Waals surface area contributed by atoms with E-state index in [1.165, 1.54) is 44.9 Å². The lowest BCUT2D eigenvalue weighted by Gasteiger charge is -2.02. The molecule has 1 heterocycles. The zero-order chi connectivity index (χ0) is 14.6. The average molecular weight is 286 g/mol. The minimum atomic E-state index is -0.191. The van der Waals surface area contributed by atoms with E-state index in [9.17, 15) is 4.79 Å². The van der Waals surface area contributed by atoms with Gasteiger partial charge in [-0.05, 0) is 19.3 Å². The minimum Gasteiger partial charge on any atom is -0.463 e. The molecule has 20 heavy (non-hydrogen) atoms. The minimum absolute atomic E-state index is 0.0891. The summed E-state index contributed by atoms with van der Waals surface area (Å²) in [5.41, 5.74) is 0. The largest absolute Gasteiger partial charge is 0.463 e. The Bertz CT molecular complexity index is 255. The van der Waals surface area contributed by atoms with Gasteiger partial charge in [0.05, 0.1) is 18.8 Å². The number of aliphatic hydroxyl groups is 1. The van der Waals surface area contributed by atoms with Crippen molar-refractivity contribution in [3.05, 3.63) is 0 Å². The monoisotopic (exact) mass is 286 g/mol. The fourth-order valence-corrected chi connectivity index (χ4v) is 2.47. The highest BCUT2D eigenvalue weighted by Gasteiger charge is 2.36. The lowest BCUT2D eigenvalue weighted by atomic mass is 10.1. The molecule has 0 aromatic carbocycles. The van der Waals surface area contributed by atoms with Crippen molar-refractivity contribution in [3.8, 4) is 0 Å². The van der Waals surface area contributed by atoms with Crippen molar-refractivity contribution in [2.24, 2.45) is 0 Å². The summed E-state index contributed by atoms with van der Waals surface area (Å²) in [6, 6.07) is 0. The fraction of sp³-hybridized carbons (Fsp3) is 0.938. The molecule has 0 aromatic rings. The SMILES string of the molecule is CCCCC1OC1CCCCCCCC(=O)OCCO.